The number of carbonyl (C=O) groups is 1. The van der Waals surface area contributed by atoms with Gasteiger partial charge in [0.2, 0.25) is 0 Å². The third-order valence-electron chi connectivity index (χ3n) is 4.83. The molecule has 0 aromatic heterocycles. The van der Waals surface area contributed by atoms with Crippen LogP contribution >= 0.6 is 11.6 Å². The molecule has 1 unspecified atom stereocenters. The maximum atomic E-state index is 12.5. The van der Waals surface area contributed by atoms with Crippen LogP contribution in [0.5, 0.6) is 11.5 Å². The van der Waals surface area contributed by atoms with Crippen molar-refractivity contribution in [2.75, 3.05) is 32.6 Å². The van der Waals surface area contributed by atoms with Gasteiger partial charge in [-0.15, -0.1) is 0 Å². The van der Waals surface area contributed by atoms with Crippen LogP contribution in [0.3, 0.4) is 0 Å². The third-order valence-corrected chi connectivity index (χ3v) is 5.16. The lowest BCUT2D eigenvalue weighted by molar-refractivity contribution is -0.910. The molecule has 0 bridgehead atoms. The zero-order valence-electron chi connectivity index (χ0n) is 15.0. The molecule has 1 amide bonds. The van der Waals surface area contributed by atoms with Gasteiger partial charge in [-0.2, -0.15) is 0 Å². The van der Waals surface area contributed by atoms with E-state index in [4.69, 9.17) is 21.1 Å². The van der Waals surface area contributed by atoms with Crippen LogP contribution in [-0.2, 0) is 4.79 Å². The minimum absolute atomic E-state index is 0.0399. The lowest BCUT2D eigenvalue weighted by Gasteiger charge is -2.23. The van der Waals surface area contributed by atoms with Crippen molar-refractivity contribution in [3.63, 3.8) is 0 Å². The van der Waals surface area contributed by atoms with E-state index in [1.54, 1.807) is 20.3 Å². The number of anilines is 1. The van der Waals surface area contributed by atoms with Crippen LogP contribution in [0.4, 0.5) is 5.69 Å². The number of carbonyl (C=O) groups excluding carboxylic acids is 1. The number of benzene rings is 2. The molecular formula is C20H24ClN2O3+. The molecule has 138 valence electrons. The quantitative estimate of drug-likeness (QED) is 0.816. The Morgan fingerprint density at radius 3 is 2.77 bits per heavy atom. The summed E-state index contributed by atoms with van der Waals surface area (Å²) < 4.78 is 10.9. The molecule has 2 atom stereocenters. The van der Waals surface area contributed by atoms with Crippen molar-refractivity contribution in [3.05, 3.63) is 53.1 Å². The van der Waals surface area contributed by atoms with Crippen LogP contribution in [0.2, 0.25) is 5.02 Å². The Hall–Kier alpha value is -2.24. The van der Waals surface area contributed by atoms with Gasteiger partial charge in [0.15, 0.2) is 6.54 Å². The second-order valence-electron chi connectivity index (χ2n) is 6.42. The molecule has 2 aromatic carbocycles. The number of halogens is 1. The minimum atomic E-state index is -0.0399. The van der Waals surface area contributed by atoms with Gasteiger partial charge in [0.05, 0.1) is 37.0 Å². The van der Waals surface area contributed by atoms with Crippen molar-refractivity contribution < 1.29 is 19.2 Å². The van der Waals surface area contributed by atoms with E-state index in [9.17, 15) is 4.79 Å². The molecule has 0 saturated carbocycles. The molecule has 2 N–H and O–H groups in total. The molecule has 1 heterocycles. The summed E-state index contributed by atoms with van der Waals surface area (Å²) in [6.07, 6.45) is 2.08. The van der Waals surface area contributed by atoms with Gasteiger partial charge in [0, 0.05) is 12.8 Å². The van der Waals surface area contributed by atoms with Crippen LogP contribution in [0.1, 0.15) is 24.4 Å². The van der Waals surface area contributed by atoms with Crippen molar-refractivity contribution in [3.8, 4) is 11.5 Å². The summed E-state index contributed by atoms with van der Waals surface area (Å²) in [7, 11) is 3.33. The maximum absolute atomic E-state index is 12.5. The number of amides is 1. The van der Waals surface area contributed by atoms with Crippen LogP contribution in [0, 0.1) is 0 Å². The van der Waals surface area contributed by atoms with Gasteiger partial charge >= 0.3 is 0 Å². The van der Waals surface area contributed by atoms with E-state index in [1.165, 1.54) is 4.90 Å². The van der Waals surface area contributed by atoms with Crippen LogP contribution < -0.4 is 19.7 Å². The number of hydrogen-bond donors (Lipinski definition) is 2. The molecule has 2 aromatic rings. The number of rotatable bonds is 6. The summed E-state index contributed by atoms with van der Waals surface area (Å²) in [4.78, 5) is 13.8. The largest absolute Gasteiger partial charge is 0.497 e. The Morgan fingerprint density at radius 2 is 2.04 bits per heavy atom. The normalized spacial score (nSPS) is 19.2. The number of quaternary nitrogens is 1. The first kappa shape index (κ1) is 18.5. The number of ether oxygens (including phenoxy) is 2. The summed E-state index contributed by atoms with van der Waals surface area (Å²) in [5.74, 6) is 1.59. The highest BCUT2D eigenvalue weighted by molar-refractivity contribution is 6.33. The molecule has 5 nitrogen and oxygen atoms in total. The van der Waals surface area contributed by atoms with Crippen LogP contribution in [-0.4, -0.2) is 33.2 Å². The Balaban J connectivity index is 1.74. The minimum Gasteiger partial charge on any atom is -0.497 e. The van der Waals surface area contributed by atoms with Crippen molar-refractivity contribution in [2.24, 2.45) is 0 Å². The van der Waals surface area contributed by atoms with E-state index in [2.05, 4.69) is 5.32 Å². The Labute approximate surface area is 158 Å². The van der Waals surface area contributed by atoms with Crippen molar-refractivity contribution in [1.29, 1.82) is 0 Å². The summed E-state index contributed by atoms with van der Waals surface area (Å²) in [5, 5.41) is 3.46. The average Bonchev–Trinajstić information content (AvgIpc) is 3.10. The average molecular weight is 376 g/mol. The molecule has 0 spiro atoms. The molecule has 0 radical (unpaired) electrons. The van der Waals surface area contributed by atoms with Crippen LogP contribution in [0.25, 0.3) is 0 Å². The highest BCUT2D eigenvalue weighted by atomic mass is 35.5. The van der Waals surface area contributed by atoms with Gasteiger partial charge in [0.1, 0.15) is 17.5 Å². The summed E-state index contributed by atoms with van der Waals surface area (Å²) in [5.41, 5.74) is 1.73. The lowest BCUT2D eigenvalue weighted by Crippen LogP contribution is -3.11. The fourth-order valence-electron chi connectivity index (χ4n) is 3.57. The highest BCUT2D eigenvalue weighted by Crippen LogP contribution is 2.31. The number of methoxy groups -OCH3 is 2. The van der Waals surface area contributed by atoms with Crippen LogP contribution in [0.15, 0.2) is 42.5 Å². The summed E-state index contributed by atoms with van der Waals surface area (Å²) in [6.45, 7) is 1.33. The number of para-hydroxylation sites is 1. The fourth-order valence-corrected chi connectivity index (χ4v) is 3.76. The second kappa shape index (κ2) is 8.43. The van der Waals surface area contributed by atoms with Gasteiger partial charge in [0.25, 0.3) is 5.91 Å². The summed E-state index contributed by atoms with van der Waals surface area (Å²) in [6, 6.07) is 13.3. The first-order chi connectivity index (χ1) is 12.6. The van der Waals surface area contributed by atoms with E-state index < -0.39 is 0 Å². The lowest BCUT2D eigenvalue weighted by atomic mass is 10.0. The van der Waals surface area contributed by atoms with Crippen molar-refractivity contribution >= 4 is 23.2 Å². The third kappa shape index (κ3) is 4.11. The van der Waals surface area contributed by atoms with E-state index in [-0.39, 0.29) is 11.9 Å². The Bertz CT molecular complexity index is 781. The van der Waals surface area contributed by atoms with E-state index in [1.807, 2.05) is 36.4 Å². The maximum Gasteiger partial charge on any atom is 0.279 e. The Morgan fingerprint density at radius 1 is 1.23 bits per heavy atom. The van der Waals surface area contributed by atoms with E-state index >= 15 is 0 Å². The van der Waals surface area contributed by atoms with Gasteiger partial charge < -0.3 is 19.7 Å². The van der Waals surface area contributed by atoms with Crippen molar-refractivity contribution in [1.82, 2.24) is 0 Å². The predicted molar refractivity (Wildman–Crippen MR) is 102 cm³/mol. The zero-order chi connectivity index (χ0) is 18.5. The topological polar surface area (TPSA) is 52.0 Å². The highest BCUT2D eigenvalue weighted by Gasteiger charge is 2.34. The monoisotopic (exact) mass is 375 g/mol. The molecule has 3 rings (SSSR count). The van der Waals surface area contributed by atoms with Crippen molar-refractivity contribution in [2.45, 2.75) is 18.9 Å². The fraction of sp³-hybridized carbons (Fsp3) is 0.350. The number of nitrogens with one attached hydrogen (secondary N) is 2. The molecule has 1 aliphatic rings. The SMILES string of the molecule is COc1ccc(OC)c([C@@H]2CCC[NH+]2CC(=O)Nc2ccccc2Cl)c1. The van der Waals surface area contributed by atoms with E-state index in [0.717, 1.165) is 36.4 Å². The zero-order valence-corrected chi connectivity index (χ0v) is 15.8. The first-order valence-electron chi connectivity index (χ1n) is 8.73. The predicted octanol–water partition coefficient (Wildman–Crippen LogP) is 2.72. The molecular weight excluding hydrogens is 352 g/mol. The molecule has 1 saturated heterocycles. The van der Waals surface area contributed by atoms with Gasteiger partial charge in [-0.3, -0.25) is 4.79 Å². The molecule has 26 heavy (non-hydrogen) atoms. The summed E-state index contributed by atoms with van der Waals surface area (Å²) >= 11 is 6.13. The standard InChI is InChI=1S/C20H23ClN2O3/c1-25-14-9-10-19(26-2)15(12-14)18-8-5-11-23(18)13-20(24)22-17-7-4-3-6-16(17)21/h3-4,6-7,9-10,12,18H,5,8,11,13H2,1-2H3,(H,22,24)/p+1/t18-/m0/s1. The molecule has 1 fully saturated rings. The molecule has 1 aliphatic heterocycles. The van der Waals surface area contributed by atoms with Gasteiger partial charge in [-0.1, -0.05) is 23.7 Å². The smallest absolute Gasteiger partial charge is 0.279 e. The number of likely N-dealkylation sites (tertiary alicyclic amines) is 1. The first-order valence-corrected chi connectivity index (χ1v) is 9.11. The molecule has 0 aliphatic carbocycles. The van der Waals surface area contributed by atoms with E-state index in [0.29, 0.717) is 17.3 Å². The Kier molecular flexibility index (Phi) is 6.01. The second-order valence-corrected chi connectivity index (χ2v) is 6.82. The molecule has 6 heteroatoms. The van der Waals surface area contributed by atoms with Gasteiger partial charge in [-0.25, -0.2) is 0 Å². The van der Waals surface area contributed by atoms with Gasteiger partial charge in [-0.05, 0) is 30.3 Å². The number of hydrogen-bond acceptors (Lipinski definition) is 3.